The van der Waals surface area contributed by atoms with Crippen molar-refractivity contribution in [3.63, 3.8) is 0 Å². The standard InChI is InChI=1S/C18H20N6O2S/c1-2-12-11-27-17(22-12)13(10-19)14-6-8-21-18(23-14)20-7-3-9-24-15(25)4-5-16(24)26/h6,8,11,22H,2-5,7,9H2,1H3,(H,20,21,23)/b17-13-. The van der Waals surface area contributed by atoms with Gasteiger partial charge in [-0.3, -0.25) is 14.5 Å². The summed E-state index contributed by atoms with van der Waals surface area (Å²) < 4.78 is 0. The summed E-state index contributed by atoms with van der Waals surface area (Å²) in [4.78, 5) is 33.1. The van der Waals surface area contributed by atoms with Gasteiger partial charge in [-0.1, -0.05) is 18.7 Å². The van der Waals surface area contributed by atoms with Gasteiger partial charge < -0.3 is 10.6 Å². The van der Waals surface area contributed by atoms with E-state index in [4.69, 9.17) is 0 Å². The Bertz CT molecular complexity index is 842. The minimum absolute atomic E-state index is 0.106. The molecule has 2 N–H and O–H groups in total. The fourth-order valence-electron chi connectivity index (χ4n) is 2.75. The lowest BCUT2D eigenvalue weighted by Crippen LogP contribution is -2.31. The van der Waals surface area contributed by atoms with Crippen molar-refractivity contribution in [2.24, 2.45) is 0 Å². The number of rotatable bonds is 7. The SMILES string of the molecule is CCC1=CS/C(=C(/C#N)c2ccnc(NCCCN3C(=O)CCC3=O)n2)N1. The highest BCUT2D eigenvalue weighted by atomic mass is 32.2. The maximum absolute atomic E-state index is 11.6. The van der Waals surface area contributed by atoms with Crippen LogP contribution in [0.25, 0.3) is 5.57 Å². The zero-order chi connectivity index (χ0) is 19.2. The van der Waals surface area contributed by atoms with E-state index in [2.05, 4.69) is 26.7 Å². The molecule has 0 unspecified atom stereocenters. The molecule has 0 radical (unpaired) electrons. The molecular formula is C18H20N6O2S. The molecule has 2 aliphatic rings. The Balaban J connectivity index is 1.59. The smallest absolute Gasteiger partial charge is 0.229 e. The lowest BCUT2D eigenvalue weighted by molar-refractivity contribution is -0.138. The molecule has 0 bridgehead atoms. The molecule has 9 heteroatoms. The summed E-state index contributed by atoms with van der Waals surface area (Å²) in [6, 6.07) is 3.91. The Morgan fingerprint density at radius 2 is 2.19 bits per heavy atom. The minimum Gasteiger partial charge on any atom is -0.354 e. The van der Waals surface area contributed by atoms with Crippen LogP contribution in [0.1, 0.15) is 38.3 Å². The monoisotopic (exact) mass is 384 g/mol. The molecule has 1 fully saturated rings. The van der Waals surface area contributed by atoms with Crippen molar-refractivity contribution in [2.75, 3.05) is 18.4 Å². The lowest BCUT2D eigenvalue weighted by Gasteiger charge is -2.13. The summed E-state index contributed by atoms with van der Waals surface area (Å²) in [5.41, 5.74) is 2.08. The van der Waals surface area contributed by atoms with Gasteiger partial charge in [0.05, 0.1) is 10.7 Å². The highest BCUT2D eigenvalue weighted by molar-refractivity contribution is 8.06. The zero-order valence-electron chi connectivity index (χ0n) is 15.0. The zero-order valence-corrected chi connectivity index (χ0v) is 15.8. The van der Waals surface area contributed by atoms with Crippen LogP contribution >= 0.6 is 11.8 Å². The first-order valence-corrected chi connectivity index (χ1v) is 9.68. The highest BCUT2D eigenvalue weighted by Gasteiger charge is 2.27. The molecule has 1 saturated heterocycles. The number of thioether (sulfide) groups is 1. The summed E-state index contributed by atoms with van der Waals surface area (Å²) in [6.45, 7) is 2.96. The van der Waals surface area contributed by atoms with Crippen molar-refractivity contribution in [1.82, 2.24) is 20.2 Å². The second-order valence-corrected chi connectivity index (χ2v) is 6.92. The van der Waals surface area contributed by atoms with Crippen molar-refractivity contribution in [3.05, 3.63) is 34.1 Å². The number of nitriles is 1. The Morgan fingerprint density at radius 1 is 1.41 bits per heavy atom. The number of likely N-dealkylation sites (tertiary alicyclic amines) is 1. The largest absolute Gasteiger partial charge is 0.354 e. The van der Waals surface area contributed by atoms with Crippen LogP contribution in [-0.2, 0) is 9.59 Å². The normalized spacial score (nSPS) is 18.2. The molecular weight excluding hydrogens is 364 g/mol. The molecule has 140 valence electrons. The lowest BCUT2D eigenvalue weighted by atomic mass is 10.2. The average molecular weight is 384 g/mol. The maximum atomic E-state index is 11.6. The van der Waals surface area contributed by atoms with E-state index in [-0.39, 0.29) is 11.8 Å². The second kappa shape index (κ2) is 8.68. The number of hydrogen-bond donors (Lipinski definition) is 2. The van der Waals surface area contributed by atoms with Crippen LogP contribution in [0.4, 0.5) is 5.95 Å². The Hall–Kier alpha value is -2.86. The number of nitrogens with one attached hydrogen (secondary N) is 2. The number of nitrogens with zero attached hydrogens (tertiary/aromatic N) is 4. The number of anilines is 1. The number of imide groups is 1. The number of hydrogen-bond acceptors (Lipinski definition) is 8. The third kappa shape index (κ3) is 4.46. The van der Waals surface area contributed by atoms with E-state index >= 15 is 0 Å². The van der Waals surface area contributed by atoms with Crippen LogP contribution in [0.5, 0.6) is 0 Å². The van der Waals surface area contributed by atoms with Crippen molar-refractivity contribution in [3.8, 4) is 6.07 Å². The van der Waals surface area contributed by atoms with Gasteiger partial charge in [-0.15, -0.1) is 0 Å². The molecule has 27 heavy (non-hydrogen) atoms. The Morgan fingerprint density at radius 3 is 2.85 bits per heavy atom. The average Bonchev–Trinajstić information content (AvgIpc) is 3.27. The third-order valence-corrected chi connectivity index (χ3v) is 5.17. The third-order valence-electron chi connectivity index (χ3n) is 4.22. The predicted molar refractivity (Wildman–Crippen MR) is 103 cm³/mol. The van der Waals surface area contributed by atoms with Gasteiger partial charge in [-0.25, -0.2) is 9.97 Å². The van der Waals surface area contributed by atoms with E-state index in [1.54, 1.807) is 12.3 Å². The molecule has 3 rings (SSSR count). The number of aromatic nitrogens is 2. The molecule has 8 nitrogen and oxygen atoms in total. The molecule has 0 aliphatic carbocycles. The summed E-state index contributed by atoms with van der Waals surface area (Å²) in [5.74, 6) is 0.196. The van der Waals surface area contributed by atoms with Gasteiger partial charge in [0.25, 0.3) is 0 Å². The van der Waals surface area contributed by atoms with Gasteiger partial charge in [0.1, 0.15) is 11.6 Å². The molecule has 0 aromatic carbocycles. The number of carbonyl (C=O) groups is 2. The van der Waals surface area contributed by atoms with E-state index in [9.17, 15) is 14.9 Å². The Kier molecular flexibility index (Phi) is 6.08. The molecule has 2 aliphatic heterocycles. The van der Waals surface area contributed by atoms with E-state index < -0.39 is 0 Å². The quantitative estimate of drug-likeness (QED) is 0.418. The summed E-state index contributed by atoms with van der Waals surface area (Å²) in [5, 5.41) is 18.6. The van der Waals surface area contributed by atoms with E-state index in [0.717, 1.165) is 17.1 Å². The molecule has 1 aromatic heterocycles. The van der Waals surface area contributed by atoms with Crippen LogP contribution in [-0.4, -0.2) is 39.8 Å². The van der Waals surface area contributed by atoms with Crippen molar-refractivity contribution >= 4 is 35.1 Å². The van der Waals surface area contributed by atoms with Gasteiger partial charge in [-0.05, 0) is 24.3 Å². The predicted octanol–water partition coefficient (Wildman–Crippen LogP) is 2.21. The first kappa shape index (κ1) is 18.9. The Labute approximate surface area is 161 Å². The summed E-state index contributed by atoms with van der Waals surface area (Å²) in [7, 11) is 0. The van der Waals surface area contributed by atoms with Crippen LogP contribution < -0.4 is 10.6 Å². The van der Waals surface area contributed by atoms with Crippen molar-refractivity contribution in [2.45, 2.75) is 32.6 Å². The first-order valence-electron chi connectivity index (χ1n) is 8.80. The first-order chi connectivity index (χ1) is 13.1. The maximum Gasteiger partial charge on any atom is 0.229 e. The van der Waals surface area contributed by atoms with Gasteiger partial charge in [-0.2, -0.15) is 5.26 Å². The number of carbonyl (C=O) groups excluding carboxylic acids is 2. The van der Waals surface area contributed by atoms with E-state index in [1.807, 2.05) is 12.3 Å². The minimum atomic E-state index is -0.106. The second-order valence-electron chi connectivity index (χ2n) is 6.04. The fourth-order valence-corrected chi connectivity index (χ4v) is 3.69. The van der Waals surface area contributed by atoms with Crippen LogP contribution in [0, 0.1) is 11.3 Å². The van der Waals surface area contributed by atoms with Crippen LogP contribution in [0.2, 0.25) is 0 Å². The molecule has 0 spiro atoms. The van der Waals surface area contributed by atoms with Crippen molar-refractivity contribution < 1.29 is 9.59 Å². The van der Waals surface area contributed by atoms with E-state index in [0.29, 0.717) is 49.6 Å². The van der Waals surface area contributed by atoms with Crippen LogP contribution in [0.3, 0.4) is 0 Å². The molecule has 2 amide bonds. The van der Waals surface area contributed by atoms with Gasteiger partial charge in [0.2, 0.25) is 17.8 Å². The van der Waals surface area contributed by atoms with Gasteiger partial charge in [0, 0.05) is 37.8 Å². The molecule has 1 aromatic rings. The van der Waals surface area contributed by atoms with Crippen molar-refractivity contribution in [1.29, 1.82) is 5.26 Å². The fraction of sp³-hybridized carbons (Fsp3) is 0.389. The molecule has 0 saturated carbocycles. The number of amides is 2. The summed E-state index contributed by atoms with van der Waals surface area (Å²) >= 11 is 1.48. The van der Waals surface area contributed by atoms with Crippen LogP contribution in [0.15, 0.2) is 28.4 Å². The van der Waals surface area contributed by atoms with Gasteiger partial charge >= 0.3 is 0 Å². The topological polar surface area (TPSA) is 111 Å². The summed E-state index contributed by atoms with van der Waals surface area (Å²) in [6.07, 6.45) is 3.70. The van der Waals surface area contributed by atoms with Gasteiger partial charge in [0.15, 0.2) is 0 Å². The molecule has 3 heterocycles. The highest BCUT2D eigenvalue weighted by Crippen LogP contribution is 2.31. The number of allylic oxidation sites excluding steroid dienone is 2. The molecule has 0 atom stereocenters. The van der Waals surface area contributed by atoms with E-state index in [1.165, 1.54) is 16.7 Å².